The molecule has 1 saturated heterocycles. The number of amidine groups is 1. The van der Waals surface area contributed by atoms with Crippen molar-refractivity contribution in [3.63, 3.8) is 0 Å². The molecule has 1 atom stereocenters. The molecule has 0 bridgehead atoms. The topological polar surface area (TPSA) is 122 Å². The molecule has 3 heterocycles. The number of nitrogens with two attached hydrogens (primary N) is 1. The number of hydrazone groups is 1. The van der Waals surface area contributed by atoms with E-state index >= 15 is 0 Å². The van der Waals surface area contributed by atoms with Crippen molar-refractivity contribution < 1.29 is 22.7 Å². The highest BCUT2D eigenvalue weighted by atomic mass is 19.1. The largest absolute Gasteiger partial charge is 0.468 e. The second-order valence-corrected chi connectivity index (χ2v) is 7.20. The standard InChI is InChI=1S/C20H19F3N8O2/c1-25-17(27-10-24)18-26-7-15(23)19(29-18)33-14-8-30(9-14)20(32)31-16(2-3-28-31)11-4-12(21)6-13(22)5-11/h3-7,10,14,16H,2,8-9H2,1H3,(H2,24,25,27)/t16-/m0/s1. The van der Waals surface area contributed by atoms with E-state index in [1.807, 2.05) is 0 Å². The molecule has 0 saturated carbocycles. The van der Waals surface area contributed by atoms with Gasteiger partial charge < -0.3 is 15.4 Å². The lowest BCUT2D eigenvalue weighted by molar-refractivity contribution is 0.0229. The van der Waals surface area contributed by atoms with E-state index in [2.05, 4.69) is 25.1 Å². The fraction of sp³-hybridized carbons (Fsp3) is 0.300. The molecule has 4 rings (SSSR count). The Morgan fingerprint density at radius 1 is 1.24 bits per heavy atom. The van der Waals surface area contributed by atoms with Crippen LogP contribution in [0.25, 0.3) is 0 Å². The average Bonchev–Trinajstić information content (AvgIpc) is 3.24. The molecule has 0 spiro atoms. The number of carbonyl (C=O) groups excluding carboxylic acids is 1. The number of nitrogens with zero attached hydrogens (tertiary/aromatic N) is 7. The first-order valence-corrected chi connectivity index (χ1v) is 9.86. The van der Waals surface area contributed by atoms with Gasteiger partial charge in [-0.15, -0.1) is 0 Å². The van der Waals surface area contributed by atoms with Crippen LogP contribution in [-0.4, -0.2) is 70.5 Å². The minimum absolute atomic E-state index is 0.0272. The fourth-order valence-corrected chi connectivity index (χ4v) is 3.44. The summed E-state index contributed by atoms with van der Waals surface area (Å²) in [5, 5.41) is 5.22. The molecule has 1 aromatic carbocycles. The van der Waals surface area contributed by atoms with Gasteiger partial charge in [-0.2, -0.15) is 14.5 Å². The van der Waals surface area contributed by atoms with E-state index in [0.29, 0.717) is 12.0 Å². The van der Waals surface area contributed by atoms with Crippen molar-refractivity contribution in [2.75, 3.05) is 20.1 Å². The summed E-state index contributed by atoms with van der Waals surface area (Å²) in [5.74, 6) is -2.44. The Balaban J connectivity index is 1.40. The molecular formula is C20H19F3N8O2. The number of hydrogen-bond donors (Lipinski definition) is 1. The molecule has 2 aliphatic rings. The van der Waals surface area contributed by atoms with E-state index < -0.39 is 35.6 Å². The lowest BCUT2D eigenvalue weighted by Crippen LogP contribution is -2.59. The van der Waals surface area contributed by atoms with Crippen LogP contribution in [0.3, 0.4) is 0 Å². The Morgan fingerprint density at radius 2 is 1.97 bits per heavy atom. The monoisotopic (exact) mass is 460 g/mol. The number of rotatable bonds is 4. The van der Waals surface area contributed by atoms with Crippen molar-refractivity contribution in [3.05, 3.63) is 53.2 Å². The lowest BCUT2D eigenvalue weighted by atomic mass is 10.0. The summed E-state index contributed by atoms with van der Waals surface area (Å²) in [5.41, 5.74) is 5.56. The number of aromatic nitrogens is 2. The number of likely N-dealkylation sites (tertiary alicyclic amines) is 1. The highest BCUT2D eigenvalue weighted by Gasteiger charge is 2.39. The van der Waals surface area contributed by atoms with Gasteiger partial charge in [0.2, 0.25) is 11.6 Å². The molecule has 13 heteroatoms. The van der Waals surface area contributed by atoms with E-state index in [4.69, 9.17) is 10.5 Å². The third-order valence-corrected chi connectivity index (χ3v) is 5.01. The number of hydrogen-bond acceptors (Lipinski definition) is 6. The van der Waals surface area contributed by atoms with Crippen LogP contribution in [-0.2, 0) is 0 Å². The lowest BCUT2D eigenvalue weighted by Gasteiger charge is -2.40. The van der Waals surface area contributed by atoms with Gasteiger partial charge in [-0.25, -0.2) is 28.6 Å². The minimum Gasteiger partial charge on any atom is -0.468 e. The highest BCUT2D eigenvalue weighted by Crippen LogP contribution is 2.31. The molecular weight excluding hydrogens is 441 g/mol. The van der Waals surface area contributed by atoms with Crippen LogP contribution in [0, 0.1) is 17.5 Å². The van der Waals surface area contributed by atoms with Gasteiger partial charge in [0.1, 0.15) is 17.7 Å². The molecule has 10 nitrogen and oxygen atoms in total. The summed E-state index contributed by atoms with van der Waals surface area (Å²) >= 11 is 0. The Labute approximate surface area is 186 Å². The molecule has 2 aromatic rings. The maximum Gasteiger partial charge on any atom is 0.341 e. The van der Waals surface area contributed by atoms with Crippen LogP contribution in [0.5, 0.6) is 5.88 Å². The van der Waals surface area contributed by atoms with Gasteiger partial charge in [0.25, 0.3) is 5.88 Å². The van der Waals surface area contributed by atoms with Crippen molar-refractivity contribution in [2.24, 2.45) is 20.8 Å². The molecule has 1 fully saturated rings. The quantitative estimate of drug-likeness (QED) is 0.552. The van der Waals surface area contributed by atoms with Gasteiger partial charge >= 0.3 is 6.03 Å². The number of amides is 2. The SMILES string of the molecule is CN=C(N=CN)c1ncc(F)c(OC2CN(C(=O)N3N=CC[C@H]3c3cc(F)cc(F)c3)C2)n1. The summed E-state index contributed by atoms with van der Waals surface area (Å²) in [4.78, 5) is 29.7. The van der Waals surface area contributed by atoms with E-state index in [-0.39, 0.29) is 30.6 Å². The third kappa shape index (κ3) is 4.61. The third-order valence-electron chi connectivity index (χ3n) is 5.01. The number of carbonyl (C=O) groups is 1. The number of aliphatic imine (C=N–C) groups is 2. The number of benzene rings is 1. The van der Waals surface area contributed by atoms with Crippen molar-refractivity contribution in [3.8, 4) is 5.88 Å². The fourth-order valence-electron chi connectivity index (χ4n) is 3.44. The Morgan fingerprint density at radius 3 is 2.64 bits per heavy atom. The van der Waals surface area contributed by atoms with E-state index in [1.165, 1.54) is 35.3 Å². The second-order valence-electron chi connectivity index (χ2n) is 7.20. The summed E-state index contributed by atoms with van der Waals surface area (Å²) in [7, 11) is 1.46. The van der Waals surface area contributed by atoms with Gasteiger partial charge in [0.05, 0.1) is 31.7 Å². The molecule has 172 valence electrons. The molecule has 2 aliphatic heterocycles. The molecule has 1 aromatic heterocycles. The summed E-state index contributed by atoms with van der Waals surface area (Å²) in [6.07, 6.45) is 3.25. The van der Waals surface area contributed by atoms with Crippen molar-refractivity contribution in [2.45, 2.75) is 18.6 Å². The highest BCUT2D eigenvalue weighted by molar-refractivity contribution is 5.99. The summed E-state index contributed by atoms with van der Waals surface area (Å²) < 4.78 is 46.9. The Kier molecular flexibility index (Phi) is 6.20. The van der Waals surface area contributed by atoms with Crippen molar-refractivity contribution in [1.82, 2.24) is 19.9 Å². The zero-order chi connectivity index (χ0) is 23.5. The van der Waals surface area contributed by atoms with Gasteiger partial charge in [-0.05, 0) is 17.7 Å². The van der Waals surface area contributed by atoms with Crippen molar-refractivity contribution >= 4 is 24.4 Å². The van der Waals surface area contributed by atoms with Crippen LogP contribution >= 0.6 is 0 Å². The average molecular weight is 460 g/mol. The van der Waals surface area contributed by atoms with Crippen LogP contribution in [0.1, 0.15) is 23.9 Å². The Hall–Kier alpha value is -4.03. The van der Waals surface area contributed by atoms with Crippen LogP contribution in [0.15, 0.2) is 39.5 Å². The summed E-state index contributed by atoms with van der Waals surface area (Å²) in [6.45, 7) is 0.285. The number of ether oxygens (including phenoxy) is 1. The molecule has 33 heavy (non-hydrogen) atoms. The Bertz CT molecular complexity index is 1130. The summed E-state index contributed by atoms with van der Waals surface area (Å²) in [6, 6.07) is 2.02. The van der Waals surface area contributed by atoms with Gasteiger partial charge in [-0.1, -0.05) is 0 Å². The molecule has 0 aliphatic carbocycles. The maximum absolute atomic E-state index is 14.1. The van der Waals surface area contributed by atoms with Gasteiger partial charge in [0, 0.05) is 25.7 Å². The predicted octanol–water partition coefficient (Wildman–Crippen LogP) is 1.87. The smallest absolute Gasteiger partial charge is 0.341 e. The van der Waals surface area contributed by atoms with Crippen molar-refractivity contribution in [1.29, 1.82) is 0 Å². The molecule has 2 amide bonds. The van der Waals surface area contributed by atoms with E-state index in [1.54, 1.807) is 0 Å². The first kappa shape index (κ1) is 22.2. The van der Waals surface area contributed by atoms with Gasteiger partial charge in [0.15, 0.2) is 5.84 Å². The second kappa shape index (κ2) is 9.22. The van der Waals surface area contributed by atoms with Crippen LogP contribution in [0.2, 0.25) is 0 Å². The van der Waals surface area contributed by atoms with Gasteiger partial charge in [-0.3, -0.25) is 4.99 Å². The first-order chi connectivity index (χ1) is 15.9. The maximum atomic E-state index is 14.1. The molecule has 0 radical (unpaired) electrons. The minimum atomic E-state index is -0.784. The normalized spacial score (nSPS) is 18.8. The first-order valence-electron chi connectivity index (χ1n) is 9.86. The van der Waals surface area contributed by atoms with E-state index in [9.17, 15) is 18.0 Å². The molecule has 2 N–H and O–H groups in total. The predicted molar refractivity (Wildman–Crippen MR) is 113 cm³/mol. The molecule has 0 unspecified atom stereocenters. The van der Waals surface area contributed by atoms with E-state index in [0.717, 1.165) is 18.6 Å². The van der Waals surface area contributed by atoms with Crippen LogP contribution in [0.4, 0.5) is 18.0 Å². The zero-order valence-corrected chi connectivity index (χ0v) is 17.4. The number of halogens is 3. The van der Waals surface area contributed by atoms with Crippen LogP contribution < -0.4 is 10.5 Å². The number of urea groups is 1. The zero-order valence-electron chi connectivity index (χ0n) is 17.4.